The van der Waals surface area contributed by atoms with Crippen LogP contribution in [0.1, 0.15) is 29.7 Å². The molecular formula is C15H15BrINOS. The highest BCUT2D eigenvalue weighted by Crippen LogP contribution is 2.39. The van der Waals surface area contributed by atoms with Gasteiger partial charge in [0.2, 0.25) is 0 Å². The number of benzene rings is 1. The second kappa shape index (κ2) is 6.34. The van der Waals surface area contributed by atoms with E-state index in [1.807, 2.05) is 0 Å². The maximum Gasteiger partial charge on any atom is 0.127 e. The van der Waals surface area contributed by atoms with E-state index in [0.717, 1.165) is 29.8 Å². The summed E-state index contributed by atoms with van der Waals surface area (Å²) in [5.74, 6) is 1.07. The van der Waals surface area contributed by atoms with Gasteiger partial charge in [-0.25, -0.2) is 0 Å². The molecule has 2 aromatic rings. The molecule has 0 saturated carbocycles. The molecule has 0 bridgehead atoms. The smallest absolute Gasteiger partial charge is 0.127 e. The third-order valence-corrected chi connectivity index (χ3v) is 5.68. The highest BCUT2D eigenvalue weighted by Gasteiger charge is 2.24. The van der Waals surface area contributed by atoms with E-state index in [9.17, 15) is 0 Å². The number of hydrogen-bond acceptors (Lipinski definition) is 3. The topological polar surface area (TPSA) is 21.3 Å². The Labute approximate surface area is 145 Å². The van der Waals surface area contributed by atoms with Gasteiger partial charge in [-0.3, -0.25) is 0 Å². The molecule has 5 heteroatoms. The quantitative estimate of drug-likeness (QED) is 0.660. The average molecular weight is 464 g/mol. The largest absolute Gasteiger partial charge is 0.493 e. The summed E-state index contributed by atoms with van der Waals surface area (Å²) in [6.07, 6.45) is 1.00. The molecule has 1 aliphatic rings. The SMILES string of the molecule is CCNC(c1csc(I)c1)c1cc(Br)cc2c1OCC2. The van der Waals surface area contributed by atoms with Crippen LogP contribution < -0.4 is 10.1 Å². The van der Waals surface area contributed by atoms with Crippen molar-refractivity contribution in [2.75, 3.05) is 13.2 Å². The van der Waals surface area contributed by atoms with E-state index in [-0.39, 0.29) is 6.04 Å². The summed E-state index contributed by atoms with van der Waals surface area (Å²) in [5, 5.41) is 5.82. The third-order valence-electron chi connectivity index (χ3n) is 3.42. The molecule has 0 amide bonds. The minimum absolute atomic E-state index is 0.198. The Morgan fingerprint density at radius 2 is 2.30 bits per heavy atom. The predicted octanol–water partition coefficient (Wildman–Crippen LogP) is 4.75. The molecule has 1 aromatic heterocycles. The van der Waals surface area contributed by atoms with Crippen LogP contribution in [0.3, 0.4) is 0 Å². The summed E-state index contributed by atoms with van der Waals surface area (Å²) in [5.41, 5.74) is 3.86. The lowest BCUT2D eigenvalue weighted by Crippen LogP contribution is -2.22. The van der Waals surface area contributed by atoms with Gasteiger partial charge in [-0.1, -0.05) is 22.9 Å². The van der Waals surface area contributed by atoms with Crippen molar-refractivity contribution >= 4 is 49.9 Å². The molecule has 0 spiro atoms. The Bertz CT molecular complexity index is 628. The third kappa shape index (κ3) is 2.91. The molecule has 1 aromatic carbocycles. The Morgan fingerprint density at radius 3 is 3.00 bits per heavy atom. The van der Waals surface area contributed by atoms with Gasteiger partial charge in [0.1, 0.15) is 5.75 Å². The van der Waals surface area contributed by atoms with Crippen molar-refractivity contribution in [2.24, 2.45) is 0 Å². The standard InChI is InChI=1S/C15H15BrINOS/c1-2-18-14(10-6-13(17)20-8-10)12-7-11(16)5-9-3-4-19-15(9)12/h5-8,14,18H,2-4H2,1H3. The van der Waals surface area contributed by atoms with Gasteiger partial charge in [0.25, 0.3) is 0 Å². The number of nitrogens with one attached hydrogen (secondary N) is 1. The average Bonchev–Trinajstić information content (AvgIpc) is 3.03. The van der Waals surface area contributed by atoms with Crippen LogP contribution in [0.4, 0.5) is 0 Å². The van der Waals surface area contributed by atoms with Crippen LogP contribution in [0, 0.1) is 2.88 Å². The van der Waals surface area contributed by atoms with Crippen molar-refractivity contribution in [3.8, 4) is 5.75 Å². The van der Waals surface area contributed by atoms with E-state index in [2.05, 4.69) is 74.3 Å². The molecule has 0 fully saturated rings. The molecule has 106 valence electrons. The predicted molar refractivity (Wildman–Crippen MR) is 95.9 cm³/mol. The summed E-state index contributed by atoms with van der Waals surface area (Å²) in [6, 6.07) is 6.80. The van der Waals surface area contributed by atoms with Gasteiger partial charge in [-0.2, -0.15) is 0 Å². The van der Waals surface area contributed by atoms with Crippen LogP contribution in [0.2, 0.25) is 0 Å². The van der Waals surface area contributed by atoms with Gasteiger partial charge < -0.3 is 10.1 Å². The zero-order valence-electron chi connectivity index (χ0n) is 11.1. The number of halogens is 2. The van der Waals surface area contributed by atoms with Gasteiger partial charge in [-0.15, -0.1) is 11.3 Å². The van der Waals surface area contributed by atoms with Gasteiger partial charge in [0.15, 0.2) is 0 Å². The number of fused-ring (bicyclic) bond motifs is 1. The van der Waals surface area contributed by atoms with Crippen LogP contribution in [0.25, 0.3) is 0 Å². The molecule has 1 atom stereocenters. The zero-order chi connectivity index (χ0) is 14.1. The molecule has 20 heavy (non-hydrogen) atoms. The van der Waals surface area contributed by atoms with E-state index in [4.69, 9.17) is 4.74 Å². The Hall–Kier alpha value is -0.110. The molecule has 3 rings (SSSR count). The van der Waals surface area contributed by atoms with Crippen molar-refractivity contribution in [3.63, 3.8) is 0 Å². The van der Waals surface area contributed by atoms with Crippen LogP contribution in [0.15, 0.2) is 28.1 Å². The minimum atomic E-state index is 0.198. The number of ether oxygens (including phenoxy) is 1. The number of thiophene rings is 1. The lowest BCUT2D eigenvalue weighted by Gasteiger charge is -2.20. The van der Waals surface area contributed by atoms with E-state index in [1.165, 1.54) is 19.6 Å². The summed E-state index contributed by atoms with van der Waals surface area (Å²) >= 11 is 7.79. The fraction of sp³-hybridized carbons (Fsp3) is 0.333. The van der Waals surface area contributed by atoms with Crippen molar-refractivity contribution in [1.29, 1.82) is 0 Å². The van der Waals surface area contributed by atoms with E-state index < -0.39 is 0 Å². The highest BCUT2D eigenvalue weighted by atomic mass is 127. The minimum Gasteiger partial charge on any atom is -0.493 e. The molecule has 0 saturated heterocycles. The van der Waals surface area contributed by atoms with Gasteiger partial charge in [-0.05, 0) is 63.8 Å². The van der Waals surface area contributed by atoms with Crippen molar-refractivity contribution in [3.05, 3.63) is 47.6 Å². The maximum absolute atomic E-state index is 5.88. The molecule has 2 nitrogen and oxygen atoms in total. The van der Waals surface area contributed by atoms with Crippen molar-refractivity contribution in [1.82, 2.24) is 5.32 Å². The normalized spacial score (nSPS) is 14.9. The van der Waals surface area contributed by atoms with Crippen LogP contribution in [0.5, 0.6) is 5.75 Å². The van der Waals surface area contributed by atoms with Crippen LogP contribution >= 0.6 is 49.9 Å². The lowest BCUT2D eigenvalue weighted by molar-refractivity contribution is 0.350. The first-order valence-corrected chi connectivity index (χ1v) is 9.36. The maximum atomic E-state index is 5.88. The van der Waals surface area contributed by atoms with Gasteiger partial charge in [0.05, 0.1) is 15.5 Å². The molecular weight excluding hydrogens is 449 g/mol. The first-order valence-electron chi connectivity index (χ1n) is 6.61. The molecule has 0 radical (unpaired) electrons. The van der Waals surface area contributed by atoms with Crippen LogP contribution in [-0.4, -0.2) is 13.2 Å². The molecule has 2 heterocycles. The second-order valence-corrected chi connectivity index (χ2v) is 8.48. The Kier molecular flexibility index (Phi) is 4.69. The Morgan fingerprint density at radius 1 is 1.45 bits per heavy atom. The fourth-order valence-corrected chi connectivity index (χ4v) is 4.52. The van der Waals surface area contributed by atoms with E-state index in [0.29, 0.717) is 0 Å². The van der Waals surface area contributed by atoms with Crippen molar-refractivity contribution in [2.45, 2.75) is 19.4 Å². The van der Waals surface area contributed by atoms with Crippen molar-refractivity contribution < 1.29 is 4.74 Å². The molecule has 1 aliphatic heterocycles. The molecule has 1 unspecified atom stereocenters. The molecule has 1 N–H and O–H groups in total. The van der Waals surface area contributed by atoms with Gasteiger partial charge >= 0.3 is 0 Å². The summed E-state index contributed by atoms with van der Waals surface area (Å²) in [6.45, 7) is 3.86. The Balaban J connectivity index is 2.08. The van der Waals surface area contributed by atoms with E-state index >= 15 is 0 Å². The number of hydrogen-bond donors (Lipinski definition) is 1. The number of rotatable bonds is 4. The van der Waals surface area contributed by atoms with Crippen LogP contribution in [-0.2, 0) is 6.42 Å². The summed E-state index contributed by atoms with van der Waals surface area (Å²) in [7, 11) is 0. The lowest BCUT2D eigenvalue weighted by atomic mass is 9.97. The summed E-state index contributed by atoms with van der Waals surface area (Å²) in [4.78, 5) is 0. The van der Waals surface area contributed by atoms with Gasteiger partial charge in [0, 0.05) is 16.5 Å². The first kappa shape index (κ1) is 14.8. The second-order valence-electron chi connectivity index (χ2n) is 4.76. The summed E-state index contributed by atoms with van der Waals surface area (Å²) < 4.78 is 8.32. The zero-order valence-corrected chi connectivity index (χ0v) is 15.6. The fourth-order valence-electron chi connectivity index (χ4n) is 2.60. The van der Waals surface area contributed by atoms with E-state index in [1.54, 1.807) is 11.3 Å². The molecule has 0 aliphatic carbocycles. The highest BCUT2D eigenvalue weighted by molar-refractivity contribution is 14.1. The first-order chi connectivity index (χ1) is 9.69. The monoisotopic (exact) mass is 463 g/mol.